The highest BCUT2D eigenvalue weighted by molar-refractivity contribution is 5.28. The molecule has 2 rings (SSSR count). The second-order valence-corrected chi connectivity index (χ2v) is 7.06. The summed E-state index contributed by atoms with van der Waals surface area (Å²) in [7, 11) is 4.15. The Labute approximate surface area is 152 Å². The van der Waals surface area contributed by atoms with Crippen molar-refractivity contribution < 1.29 is 9.84 Å². The topological polar surface area (TPSA) is 32.7 Å². The minimum atomic E-state index is -0.784. The van der Waals surface area contributed by atoms with Crippen LogP contribution in [0.5, 0.6) is 0 Å². The molecule has 0 amide bonds. The molecule has 1 unspecified atom stereocenters. The Balaban J connectivity index is 2.51. The predicted octanol–water partition coefficient (Wildman–Crippen LogP) is 4.07. The Morgan fingerprint density at radius 2 is 1.56 bits per heavy atom. The zero-order valence-corrected chi connectivity index (χ0v) is 15.9. The smallest absolute Gasteiger partial charge is 0.155 e. The van der Waals surface area contributed by atoms with Gasteiger partial charge in [-0.3, -0.25) is 0 Å². The lowest BCUT2D eigenvalue weighted by Crippen LogP contribution is -2.45. The normalized spacial score (nSPS) is 16.4. The molecular formula is C22H31NO2. The molecule has 0 spiro atoms. The highest BCUT2D eigenvalue weighted by atomic mass is 16.6. The fourth-order valence-corrected chi connectivity index (χ4v) is 3.43. The van der Waals surface area contributed by atoms with Gasteiger partial charge in [0.2, 0.25) is 0 Å². The van der Waals surface area contributed by atoms with E-state index >= 15 is 0 Å². The summed E-state index contributed by atoms with van der Waals surface area (Å²) in [6.07, 6.45) is 0.510. The fourth-order valence-electron chi connectivity index (χ4n) is 3.43. The van der Waals surface area contributed by atoms with Crippen LogP contribution in [-0.4, -0.2) is 36.9 Å². The molecule has 0 aliphatic carbocycles. The third-order valence-corrected chi connectivity index (χ3v) is 4.70. The Morgan fingerprint density at radius 1 is 1.00 bits per heavy atom. The predicted molar refractivity (Wildman–Crippen MR) is 103 cm³/mol. The molecule has 2 aromatic rings. The molecule has 0 fully saturated rings. The second-order valence-electron chi connectivity index (χ2n) is 7.06. The van der Waals surface area contributed by atoms with Crippen LogP contribution in [0.15, 0.2) is 60.7 Å². The van der Waals surface area contributed by atoms with Crippen LogP contribution in [0, 0.1) is 5.92 Å². The summed E-state index contributed by atoms with van der Waals surface area (Å²) in [6.45, 7) is 5.02. The average molecular weight is 341 g/mol. The van der Waals surface area contributed by atoms with Crippen molar-refractivity contribution >= 4 is 0 Å². The highest BCUT2D eigenvalue weighted by Crippen LogP contribution is 2.39. The number of aliphatic hydroxyl groups excluding tert-OH is 1. The van der Waals surface area contributed by atoms with E-state index in [4.69, 9.17) is 4.74 Å². The van der Waals surface area contributed by atoms with Gasteiger partial charge in [-0.1, -0.05) is 74.5 Å². The van der Waals surface area contributed by atoms with Gasteiger partial charge < -0.3 is 14.7 Å². The van der Waals surface area contributed by atoms with Gasteiger partial charge in [-0.05, 0) is 31.6 Å². The van der Waals surface area contributed by atoms with Crippen molar-refractivity contribution in [3.63, 3.8) is 0 Å². The molecule has 0 bridgehead atoms. The standard InChI is InChI=1S/C22H31NO2/c1-5-21(24)25-22(18(2)17-23(3)4,20-14-10-7-11-15-20)16-19-12-8-6-9-13-19/h6-15,18,21,24H,5,16-17H2,1-4H3/t18?,21-,22+/m0/s1. The van der Waals surface area contributed by atoms with Gasteiger partial charge in [0.25, 0.3) is 0 Å². The zero-order valence-electron chi connectivity index (χ0n) is 15.9. The SMILES string of the molecule is CC[C@@H](O)O[C@@](Cc1ccccc1)(c1ccccc1)C(C)CN(C)C. The number of hydrogen-bond acceptors (Lipinski definition) is 3. The van der Waals surface area contributed by atoms with Crippen molar-refractivity contribution in [2.24, 2.45) is 5.92 Å². The third-order valence-electron chi connectivity index (χ3n) is 4.70. The molecule has 3 heteroatoms. The minimum Gasteiger partial charge on any atom is -0.368 e. The van der Waals surface area contributed by atoms with E-state index < -0.39 is 11.9 Å². The van der Waals surface area contributed by atoms with Crippen molar-refractivity contribution in [1.82, 2.24) is 4.90 Å². The molecule has 1 N–H and O–H groups in total. The van der Waals surface area contributed by atoms with E-state index in [0.29, 0.717) is 6.42 Å². The lowest BCUT2D eigenvalue weighted by Gasteiger charge is -2.42. The van der Waals surface area contributed by atoms with Gasteiger partial charge in [-0.2, -0.15) is 0 Å². The van der Waals surface area contributed by atoms with Crippen LogP contribution in [0.1, 0.15) is 31.4 Å². The van der Waals surface area contributed by atoms with Crippen molar-refractivity contribution in [2.45, 2.75) is 38.6 Å². The maximum absolute atomic E-state index is 10.4. The van der Waals surface area contributed by atoms with E-state index in [9.17, 15) is 5.11 Å². The first-order valence-corrected chi connectivity index (χ1v) is 9.08. The summed E-state index contributed by atoms with van der Waals surface area (Å²) < 4.78 is 6.37. The molecule has 0 saturated heterocycles. The van der Waals surface area contributed by atoms with Crippen LogP contribution in [0.4, 0.5) is 0 Å². The van der Waals surface area contributed by atoms with Crippen molar-refractivity contribution in [1.29, 1.82) is 0 Å². The molecule has 0 radical (unpaired) electrons. The Hall–Kier alpha value is -1.68. The zero-order chi connectivity index (χ0) is 18.3. The van der Waals surface area contributed by atoms with Gasteiger partial charge in [0.1, 0.15) is 5.60 Å². The molecule has 25 heavy (non-hydrogen) atoms. The summed E-state index contributed by atoms with van der Waals surface area (Å²) in [5, 5.41) is 10.4. The van der Waals surface area contributed by atoms with Gasteiger partial charge in [0.15, 0.2) is 6.29 Å². The molecule has 3 atom stereocenters. The van der Waals surface area contributed by atoms with E-state index in [1.165, 1.54) is 5.56 Å². The van der Waals surface area contributed by atoms with E-state index in [-0.39, 0.29) is 5.92 Å². The largest absolute Gasteiger partial charge is 0.368 e. The van der Waals surface area contributed by atoms with E-state index in [2.05, 4.69) is 62.3 Å². The average Bonchev–Trinajstić information content (AvgIpc) is 2.62. The van der Waals surface area contributed by atoms with Gasteiger partial charge >= 0.3 is 0 Å². The first kappa shape index (κ1) is 19.6. The highest BCUT2D eigenvalue weighted by Gasteiger charge is 2.41. The van der Waals surface area contributed by atoms with Crippen LogP contribution in [0.3, 0.4) is 0 Å². The van der Waals surface area contributed by atoms with Crippen molar-refractivity contribution in [3.8, 4) is 0 Å². The lowest BCUT2D eigenvalue weighted by atomic mass is 9.77. The quantitative estimate of drug-likeness (QED) is 0.698. The minimum absolute atomic E-state index is 0.200. The number of hydrogen-bond donors (Lipinski definition) is 1. The Bertz CT molecular complexity index is 614. The monoisotopic (exact) mass is 341 g/mol. The first-order valence-electron chi connectivity index (χ1n) is 9.08. The third kappa shape index (κ3) is 5.15. The lowest BCUT2D eigenvalue weighted by molar-refractivity contribution is -0.212. The van der Waals surface area contributed by atoms with Crippen molar-refractivity contribution in [3.05, 3.63) is 71.8 Å². The molecule has 0 aliphatic heterocycles. The summed E-state index contributed by atoms with van der Waals surface area (Å²) in [5.41, 5.74) is 1.74. The van der Waals surface area contributed by atoms with E-state index in [1.807, 2.05) is 31.2 Å². The molecule has 0 aliphatic rings. The Kier molecular flexibility index (Phi) is 7.18. The maximum atomic E-state index is 10.4. The first-order chi connectivity index (χ1) is 12.0. The van der Waals surface area contributed by atoms with Crippen LogP contribution < -0.4 is 0 Å². The van der Waals surface area contributed by atoms with Gasteiger partial charge in [-0.15, -0.1) is 0 Å². The van der Waals surface area contributed by atoms with Gasteiger partial charge in [0, 0.05) is 18.9 Å². The number of rotatable bonds is 9. The number of nitrogens with zero attached hydrogens (tertiary/aromatic N) is 1. The molecular weight excluding hydrogens is 310 g/mol. The van der Waals surface area contributed by atoms with Crippen molar-refractivity contribution in [2.75, 3.05) is 20.6 Å². The summed E-state index contributed by atoms with van der Waals surface area (Å²) in [5.74, 6) is 0.200. The molecule has 0 aromatic heterocycles. The van der Waals surface area contributed by atoms with Crippen LogP contribution in [0.25, 0.3) is 0 Å². The molecule has 136 valence electrons. The number of ether oxygens (including phenoxy) is 1. The van der Waals surface area contributed by atoms with Crippen LogP contribution in [-0.2, 0) is 16.8 Å². The molecule has 2 aromatic carbocycles. The Morgan fingerprint density at radius 3 is 2.08 bits per heavy atom. The molecule has 3 nitrogen and oxygen atoms in total. The van der Waals surface area contributed by atoms with Crippen LogP contribution >= 0.6 is 0 Å². The summed E-state index contributed by atoms with van der Waals surface area (Å²) in [4.78, 5) is 2.18. The summed E-state index contributed by atoms with van der Waals surface area (Å²) >= 11 is 0. The molecule has 0 heterocycles. The van der Waals surface area contributed by atoms with E-state index in [0.717, 1.165) is 18.5 Å². The number of benzene rings is 2. The van der Waals surface area contributed by atoms with Crippen LogP contribution in [0.2, 0.25) is 0 Å². The molecule has 0 saturated carbocycles. The van der Waals surface area contributed by atoms with Gasteiger partial charge in [-0.25, -0.2) is 0 Å². The maximum Gasteiger partial charge on any atom is 0.155 e. The fraction of sp³-hybridized carbons (Fsp3) is 0.455. The van der Waals surface area contributed by atoms with E-state index in [1.54, 1.807) is 0 Å². The van der Waals surface area contributed by atoms with Gasteiger partial charge in [0.05, 0.1) is 0 Å². The second kappa shape index (κ2) is 9.14. The number of aliphatic hydroxyl groups is 1. The summed E-state index contributed by atoms with van der Waals surface area (Å²) in [6, 6.07) is 20.7.